The van der Waals surface area contributed by atoms with Gasteiger partial charge in [-0.3, -0.25) is 14.5 Å². The van der Waals surface area contributed by atoms with Gasteiger partial charge in [0, 0.05) is 5.56 Å². The summed E-state index contributed by atoms with van der Waals surface area (Å²) in [4.78, 5) is 25.1. The molecule has 1 aromatic rings. The summed E-state index contributed by atoms with van der Waals surface area (Å²) in [5, 5.41) is 0. The maximum absolute atomic E-state index is 12.1. The molecular formula is C13H15NO2. The van der Waals surface area contributed by atoms with Gasteiger partial charge in [-0.1, -0.05) is 32.0 Å². The lowest BCUT2D eigenvalue weighted by Crippen LogP contribution is -2.61. The van der Waals surface area contributed by atoms with Gasteiger partial charge < -0.3 is 0 Å². The average molecular weight is 217 g/mol. The fourth-order valence-electron chi connectivity index (χ4n) is 2.20. The Balaban J connectivity index is 2.20. The molecule has 0 radical (unpaired) electrons. The minimum Gasteiger partial charge on any atom is -0.274 e. The summed E-state index contributed by atoms with van der Waals surface area (Å²) < 4.78 is 0. The zero-order valence-electron chi connectivity index (χ0n) is 9.51. The van der Waals surface area contributed by atoms with Gasteiger partial charge in [0.05, 0.1) is 12.0 Å². The molecule has 0 unspecified atom stereocenters. The van der Waals surface area contributed by atoms with Gasteiger partial charge in [0.15, 0.2) is 0 Å². The van der Waals surface area contributed by atoms with Crippen molar-refractivity contribution in [2.24, 2.45) is 5.92 Å². The predicted molar refractivity (Wildman–Crippen MR) is 60.9 cm³/mol. The molecule has 0 saturated carbocycles. The molecule has 1 aliphatic rings. The number of likely N-dealkylation sites (tertiary alicyclic amines) is 1. The fourth-order valence-corrected chi connectivity index (χ4v) is 2.20. The number of carbonyl (C=O) groups is 2. The Bertz CT molecular complexity index is 413. The molecule has 3 nitrogen and oxygen atoms in total. The maximum atomic E-state index is 12.1. The second-order valence-electron chi connectivity index (χ2n) is 4.14. The van der Waals surface area contributed by atoms with Gasteiger partial charge in [0.2, 0.25) is 5.91 Å². The fraction of sp³-hybridized carbons (Fsp3) is 0.385. The van der Waals surface area contributed by atoms with Crippen molar-refractivity contribution in [2.75, 3.05) is 0 Å². The topological polar surface area (TPSA) is 37.4 Å². The van der Waals surface area contributed by atoms with Crippen LogP contribution in [0.3, 0.4) is 0 Å². The van der Waals surface area contributed by atoms with Crippen LogP contribution in [0.4, 0.5) is 0 Å². The summed E-state index contributed by atoms with van der Waals surface area (Å²) in [7, 11) is 0. The molecule has 2 rings (SSSR count). The third-order valence-corrected chi connectivity index (χ3v) is 3.19. The Morgan fingerprint density at radius 3 is 2.50 bits per heavy atom. The molecule has 1 fully saturated rings. The zero-order valence-corrected chi connectivity index (χ0v) is 9.51. The minimum absolute atomic E-state index is 0.0161. The van der Waals surface area contributed by atoms with E-state index in [0.29, 0.717) is 5.56 Å². The van der Waals surface area contributed by atoms with Crippen LogP contribution in [0.15, 0.2) is 30.3 Å². The third-order valence-electron chi connectivity index (χ3n) is 3.19. The van der Waals surface area contributed by atoms with Crippen LogP contribution in [0.25, 0.3) is 0 Å². The highest BCUT2D eigenvalue weighted by Gasteiger charge is 2.46. The van der Waals surface area contributed by atoms with Gasteiger partial charge in [0.25, 0.3) is 5.91 Å². The second kappa shape index (κ2) is 4.08. The van der Waals surface area contributed by atoms with Crippen molar-refractivity contribution in [3.05, 3.63) is 35.9 Å². The third kappa shape index (κ3) is 1.52. The highest BCUT2D eigenvalue weighted by atomic mass is 16.2. The van der Waals surface area contributed by atoms with Crippen LogP contribution < -0.4 is 0 Å². The molecule has 1 aromatic carbocycles. The number of hydrogen-bond acceptors (Lipinski definition) is 2. The van der Waals surface area contributed by atoms with Gasteiger partial charge in [0.1, 0.15) is 0 Å². The number of hydrogen-bond donors (Lipinski definition) is 0. The Morgan fingerprint density at radius 2 is 1.94 bits per heavy atom. The Kier molecular flexibility index (Phi) is 2.77. The number of carbonyl (C=O) groups excluding carboxylic acids is 2. The largest absolute Gasteiger partial charge is 0.274 e. The Hall–Kier alpha value is -1.64. The molecule has 1 aliphatic heterocycles. The molecule has 3 heteroatoms. The molecule has 0 aliphatic carbocycles. The van der Waals surface area contributed by atoms with Crippen LogP contribution in [0.5, 0.6) is 0 Å². The van der Waals surface area contributed by atoms with Gasteiger partial charge in [-0.2, -0.15) is 0 Å². The summed E-state index contributed by atoms with van der Waals surface area (Å²) in [6.07, 6.45) is 0.825. The van der Waals surface area contributed by atoms with Crippen LogP contribution in [-0.4, -0.2) is 22.8 Å². The van der Waals surface area contributed by atoms with E-state index in [1.54, 1.807) is 12.1 Å². The highest BCUT2D eigenvalue weighted by Crippen LogP contribution is 2.30. The first-order valence-corrected chi connectivity index (χ1v) is 5.59. The lowest BCUT2D eigenvalue weighted by Gasteiger charge is -2.43. The van der Waals surface area contributed by atoms with Crippen molar-refractivity contribution in [3.8, 4) is 0 Å². The normalized spacial score (nSPS) is 24.1. The van der Waals surface area contributed by atoms with Crippen LogP contribution in [0, 0.1) is 5.92 Å². The lowest BCUT2D eigenvalue weighted by atomic mass is 9.86. The van der Waals surface area contributed by atoms with Crippen molar-refractivity contribution in [1.29, 1.82) is 0 Å². The van der Waals surface area contributed by atoms with E-state index < -0.39 is 0 Å². The van der Waals surface area contributed by atoms with Crippen molar-refractivity contribution in [2.45, 2.75) is 26.3 Å². The van der Waals surface area contributed by atoms with E-state index in [-0.39, 0.29) is 23.8 Å². The lowest BCUT2D eigenvalue weighted by molar-refractivity contribution is -0.149. The second-order valence-corrected chi connectivity index (χ2v) is 4.14. The number of amides is 2. The van der Waals surface area contributed by atoms with Crippen LogP contribution in [0.1, 0.15) is 30.6 Å². The number of imide groups is 1. The quantitative estimate of drug-likeness (QED) is 0.562. The molecule has 2 atom stereocenters. The number of nitrogens with zero attached hydrogens (tertiary/aromatic N) is 1. The number of β-lactam (4-membered cyclic amide) rings is 1. The van der Waals surface area contributed by atoms with Gasteiger partial charge in [-0.15, -0.1) is 0 Å². The number of rotatable bonds is 2. The van der Waals surface area contributed by atoms with Crippen molar-refractivity contribution < 1.29 is 9.59 Å². The van der Waals surface area contributed by atoms with Crippen molar-refractivity contribution in [3.63, 3.8) is 0 Å². The summed E-state index contributed by atoms with van der Waals surface area (Å²) in [5.74, 6) is -0.242. The van der Waals surface area contributed by atoms with Crippen LogP contribution in [0.2, 0.25) is 0 Å². The SMILES string of the molecule is CC[C@H]1[C@H](C)C(=O)N1C(=O)c1ccccc1. The summed E-state index contributed by atoms with van der Waals surface area (Å²) in [6.45, 7) is 3.88. The van der Waals surface area contributed by atoms with Gasteiger partial charge in [-0.05, 0) is 18.6 Å². The highest BCUT2D eigenvalue weighted by molar-refractivity contribution is 6.09. The van der Waals surface area contributed by atoms with E-state index in [1.807, 2.05) is 32.0 Å². The Labute approximate surface area is 95.1 Å². The monoisotopic (exact) mass is 217 g/mol. The molecule has 84 valence electrons. The predicted octanol–water partition coefficient (Wildman–Crippen LogP) is 2.08. The van der Waals surface area contributed by atoms with E-state index in [0.717, 1.165) is 6.42 Å². The molecule has 0 N–H and O–H groups in total. The minimum atomic E-state index is -0.171. The Morgan fingerprint density at radius 1 is 1.31 bits per heavy atom. The van der Waals surface area contributed by atoms with Crippen molar-refractivity contribution >= 4 is 11.8 Å². The first-order chi connectivity index (χ1) is 7.66. The molecular weight excluding hydrogens is 202 g/mol. The van der Waals surface area contributed by atoms with E-state index in [1.165, 1.54) is 4.90 Å². The molecule has 2 amide bonds. The first-order valence-electron chi connectivity index (χ1n) is 5.59. The van der Waals surface area contributed by atoms with Gasteiger partial charge in [-0.25, -0.2) is 0 Å². The zero-order chi connectivity index (χ0) is 11.7. The maximum Gasteiger partial charge on any atom is 0.260 e. The smallest absolute Gasteiger partial charge is 0.260 e. The standard InChI is InChI=1S/C13H15NO2/c1-3-11-9(2)12(15)14(11)13(16)10-7-5-4-6-8-10/h4-9,11H,3H2,1-2H3/t9-,11-/m0/s1. The van der Waals surface area contributed by atoms with E-state index in [9.17, 15) is 9.59 Å². The first kappa shape index (κ1) is 10.9. The average Bonchev–Trinajstić information content (AvgIpc) is 2.34. The molecule has 16 heavy (non-hydrogen) atoms. The van der Waals surface area contributed by atoms with Crippen LogP contribution in [-0.2, 0) is 4.79 Å². The number of benzene rings is 1. The van der Waals surface area contributed by atoms with E-state index in [2.05, 4.69) is 0 Å². The van der Waals surface area contributed by atoms with Crippen LogP contribution >= 0.6 is 0 Å². The summed E-state index contributed by atoms with van der Waals surface area (Å²) >= 11 is 0. The van der Waals surface area contributed by atoms with E-state index in [4.69, 9.17) is 0 Å². The van der Waals surface area contributed by atoms with Crippen molar-refractivity contribution in [1.82, 2.24) is 4.90 Å². The molecule has 0 aromatic heterocycles. The molecule has 1 saturated heterocycles. The summed E-state index contributed by atoms with van der Waals surface area (Å²) in [6, 6.07) is 9.02. The summed E-state index contributed by atoms with van der Waals surface area (Å²) in [5.41, 5.74) is 0.584. The molecule has 1 heterocycles. The van der Waals surface area contributed by atoms with Gasteiger partial charge >= 0.3 is 0 Å². The molecule has 0 bridgehead atoms. The molecule has 0 spiro atoms. The van der Waals surface area contributed by atoms with E-state index >= 15 is 0 Å².